The number of fused-ring (bicyclic) bond motifs is 1. The maximum Gasteiger partial charge on any atom is 0.264 e. The number of carbonyl (C=O) groups excluding carboxylic acids is 1. The Kier molecular flexibility index (Phi) is 7.70. The normalized spacial score (nSPS) is 12.2. The zero-order valence-corrected chi connectivity index (χ0v) is 21.6. The van der Waals surface area contributed by atoms with Gasteiger partial charge in [-0.1, -0.05) is 17.7 Å². The lowest BCUT2D eigenvalue weighted by Gasteiger charge is -2.21. The van der Waals surface area contributed by atoms with Gasteiger partial charge in [-0.05, 0) is 67.1 Å². The van der Waals surface area contributed by atoms with Gasteiger partial charge in [-0.2, -0.15) is 0 Å². The average Bonchev–Trinajstić information content (AvgIpc) is 3.29. The van der Waals surface area contributed by atoms with Crippen molar-refractivity contribution in [2.45, 2.75) is 24.3 Å². The van der Waals surface area contributed by atoms with Crippen molar-refractivity contribution in [3.63, 3.8) is 0 Å². The number of amides is 1. The second kappa shape index (κ2) is 11.0. The molecule has 1 aromatic heterocycles. The molecule has 1 amide bonds. The van der Waals surface area contributed by atoms with Crippen molar-refractivity contribution in [3.05, 3.63) is 89.2 Å². The number of nitrogens with two attached hydrogens (primary N) is 1. The van der Waals surface area contributed by atoms with Crippen molar-refractivity contribution in [2.24, 2.45) is 5.73 Å². The number of aliphatic hydroxyl groups is 1. The lowest BCUT2D eigenvalue weighted by molar-refractivity contribution is -0.120. The van der Waals surface area contributed by atoms with Crippen LogP contribution in [-0.4, -0.2) is 39.0 Å². The monoisotopic (exact) mass is 536 g/mol. The third kappa shape index (κ3) is 5.79. The lowest BCUT2D eigenvalue weighted by atomic mass is 10.0. The zero-order valence-electron chi connectivity index (χ0n) is 20.8. The molecule has 0 bridgehead atoms. The number of anilines is 1. The third-order valence-corrected chi connectivity index (χ3v) is 7.27. The molecule has 0 saturated heterocycles. The number of amidine groups is 1. The van der Waals surface area contributed by atoms with Crippen molar-refractivity contribution in [3.8, 4) is 5.75 Å². The van der Waals surface area contributed by atoms with E-state index in [4.69, 9.17) is 20.3 Å². The highest BCUT2D eigenvalue weighted by atomic mass is 32.2. The van der Waals surface area contributed by atoms with Crippen LogP contribution in [-0.2, 0) is 21.2 Å². The van der Waals surface area contributed by atoms with Crippen molar-refractivity contribution in [2.75, 3.05) is 19.0 Å². The highest BCUT2D eigenvalue weighted by molar-refractivity contribution is 7.90. The van der Waals surface area contributed by atoms with Crippen LogP contribution in [0.25, 0.3) is 11.0 Å². The first-order chi connectivity index (χ1) is 18.1. The van der Waals surface area contributed by atoms with E-state index in [1.165, 1.54) is 19.2 Å². The summed E-state index contributed by atoms with van der Waals surface area (Å²) >= 11 is 0. The van der Waals surface area contributed by atoms with Crippen molar-refractivity contribution in [1.82, 2.24) is 4.72 Å². The van der Waals surface area contributed by atoms with E-state index in [1.54, 1.807) is 54.6 Å². The largest absolute Gasteiger partial charge is 0.493 e. The van der Waals surface area contributed by atoms with Crippen molar-refractivity contribution in [1.29, 1.82) is 5.41 Å². The molecule has 198 valence electrons. The van der Waals surface area contributed by atoms with Gasteiger partial charge in [0, 0.05) is 23.1 Å². The summed E-state index contributed by atoms with van der Waals surface area (Å²) in [5, 5.41) is 20.6. The standard InChI is InChI=1S/C27H28N4O6S/c1-16-3-9-22(10-4-16)38(34,35)31-27(33)24(30-20-7-5-17(6-8-20)26(28)29)18-13-19-14-21(11-12-32)37-25(19)23(15-18)36-2/h3-10,13-15,24,30,32H,11-12H2,1-2H3,(H3,28,29)(H,31,33). The number of nitrogen functional groups attached to an aromatic ring is 1. The molecule has 0 saturated carbocycles. The number of carbonyl (C=O) groups is 1. The van der Waals surface area contributed by atoms with Crippen LogP contribution in [0.2, 0.25) is 0 Å². The highest BCUT2D eigenvalue weighted by Crippen LogP contribution is 2.34. The molecule has 6 N–H and O–H groups in total. The van der Waals surface area contributed by atoms with Gasteiger partial charge in [-0.15, -0.1) is 0 Å². The van der Waals surface area contributed by atoms with Crippen LogP contribution in [0.4, 0.5) is 5.69 Å². The van der Waals surface area contributed by atoms with Crippen LogP contribution >= 0.6 is 0 Å². The number of benzene rings is 3. The van der Waals surface area contributed by atoms with E-state index in [9.17, 15) is 18.3 Å². The fourth-order valence-corrected chi connectivity index (χ4v) is 4.92. The number of hydrogen-bond acceptors (Lipinski definition) is 8. The molecule has 0 aliphatic carbocycles. The van der Waals surface area contributed by atoms with Gasteiger partial charge < -0.3 is 25.3 Å². The van der Waals surface area contributed by atoms with Crippen LogP contribution in [0.3, 0.4) is 0 Å². The van der Waals surface area contributed by atoms with Crippen LogP contribution in [0, 0.1) is 12.3 Å². The number of sulfonamides is 1. The summed E-state index contributed by atoms with van der Waals surface area (Å²) < 4.78 is 39.5. The molecule has 4 aromatic rings. The number of methoxy groups -OCH3 is 1. The van der Waals surface area contributed by atoms with E-state index in [0.717, 1.165) is 5.56 Å². The quantitative estimate of drug-likeness (QED) is 0.152. The smallest absolute Gasteiger partial charge is 0.264 e. The Morgan fingerprint density at radius 2 is 1.79 bits per heavy atom. The Hall–Kier alpha value is -4.35. The lowest BCUT2D eigenvalue weighted by Crippen LogP contribution is -2.37. The van der Waals surface area contributed by atoms with Crippen molar-refractivity contribution < 1.29 is 27.5 Å². The van der Waals surface area contributed by atoms with E-state index in [0.29, 0.717) is 45.7 Å². The molecule has 38 heavy (non-hydrogen) atoms. The van der Waals surface area contributed by atoms with Gasteiger partial charge in [-0.25, -0.2) is 13.1 Å². The third-order valence-electron chi connectivity index (χ3n) is 5.90. The van der Waals surface area contributed by atoms with Crippen LogP contribution in [0.15, 0.2) is 76.0 Å². The maximum absolute atomic E-state index is 13.5. The fourth-order valence-electron chi connectivity index (χ4n) is 3.93. The molecular weight excluding hydrogens is 508 g/mol. The Morgan fingerprint density at radius 3 is 2.39 bits per heavy atom. The van der Waals surface area contributed by atoms with E-state index >= 15 is 0 Å². The summed E-state index contributed by atoms with van der Waals surface area (Å²) in [4.78, 5) is 13.5. The van der Waals surface area contributed by atoms with Gasteiger partial charge in [0.05, 0.1) is 18.6 Å². The molecule has 3 aromatic carbocycles. The summed E-state index contributed by atoms with van der Waals surface area (Å²) in [7, 11) is -2.71. The average molecular weight is 537 g/mol. The minimum Gasteiger partial charge on any atom is -0.493 e. The number of aryl methyl sites for hydroxylation is 1. The Labute approximate surface area is 220 Å². The molecule has 1 atom stereocenters. The van der Waals surface area contributed by atoms with Crippen LogP contribution in [0.5, 0.6) is 5.75 Å². The number of ether oxygens (including phenoxy) is 1. The minimum absolute atomic E-state index is 0.0440. The first-order valence-electron chi connectivity index (χ1n) is 11.7. The van der Waals surface area contributed by atoms with Gasteiger partial charge in [0.25, 0.3) is 15.9 Å². The van der Waals surface area contributed by atoms with Gasteiger partial charge in [0.15, 0.2) is 11.3 Å². The fraction of sp³-hybridized carbons (Fsp3) is 0.185. The minimum atomic E-state index is -4.16. The second-order valence-corrected chi connectivity index (χ2v) is 10.4. The summed E-state index contributed by atoms with van der Waals surface area (Å²) in [6.07, 6.45) is 0.298. The SMILES string of the molecule is COc1cc(C(Nc2ccc(C(=N)N)cc2)C(=O)NS(=O)(=O)c2ccc(C)cc2)cc2cc(CCO)oc12. The number of hydrogen-bond donors (Lipinski definition) is 5. The first-order valence-corrected chi connectivity index (χ1v) is 13.1. The summed E-state index contributed by atoms with van der Waals surface area (Å²) in [5.41, 5.74) is 8.27. The molecule has 11 heteroatoms. The number of furan rings is 1. The molecule has 10 nitrogen and oxygen atoms in total. The van der Waals surface area contributed by atoms with Crippen LogP contribution < -0.4 is 20.5 Å². The van der Waals surface area contributed by atoms with E-state index in [-0.39, 0.29) is 17.3 Å². The Morgan fingerprint density at radius 1 is 1.11 bits per heavy atom. The molecule has 1 heterocycles. The molecule has 4 rings (SSSR count). The summed E-state index contributed by atoms with van der Waals surface area (Å²) in [6.45, 7) is 1.73. The van der Waals surface area contributed by atoms with Gasteiger partial charge in [-0.3, -0.25) is 10.2 Å². The summed E-state index contributed by atoms with van der Waals surface area (Å²) in [6, 6.07) is 16.5. The van der Waals surface area contributed by atoms with Gasteiger partial charge >= 0.3 is 0 Å². The molecular formula is C27H28N4O6S. The Balaban J connectivity index is 1.75. The highest BCUT2D eigenvalue weighted by Gasteiger charge is 2.28. The number of rotatable bonds is 10. The predicted octanol–water partition coefficient (Wildman–Crippen LogP) is 3.23. The Bertz CT molecular complexity index is 1580. The van der Waals surface area contributed by atoms with E-state index < -0.39 is 22.0 Å². The molecule has 0 aliphatic rings. The second-order valence-electron chi connectivity index (χ2n) is 8.68. The number of aliphatic hydroxyl groups excluding tert-OH is 1. The van der Waals surface area contributed by atoms with E-state index in [1.807, 2.05) is 6.92 Å². The molecule has 0 fully saturated rings. The topological polar surface area (TPSA) is 168 Å². The zero-order chi connectivity index (χ0) is 27.4. The molecule has 0 aliphatic heterocycles. The maximum atomic E-state index is 13.5. The first kappa shape index (κ1) is 26.7. The summed E-state index contributed by atoms with van der Waals surface area (Å²) in [5.74, 6) is -0.0474. The molecule has 0 spiro atoms. The molecule has 0 radical (unpaired) electrons. The molecule has 1 unspecified atom stereocenters. The number of nitrogens with one attached hydrogen (secondary N) is 3. The van der Waals surface area contributed by atoms with Crippen molar-refractivity contribution >= 4 is 38.4 Å². The predicted molar refractivity (Wildman–Crippen MR) is 144 cm³/mol. The van der Waals surface area contributed by atoms with Gasteiger partial charge in [0.1, 0.15) is 17.6 Å². The van der Waals surface area contributed by atoms with E-state index in [2.05, 4.69) is 10.0 Å². The van der Waals surface area contributed by atoms with Crippen LogP contribution in [0.1, 0.15) is 28.5 Å². The van der Waals surface area contributed by atoms with Gasteiger partial charge in [0.2, 0.25) is 0 Å².